The zero-order valence-electron chi connectivity index (χ0n) is 14.4. The predicted octanol–water partition coefficient (Wildman–Crippen LogP) is -1.23. The maximum absolute atomic E-state index is 12.3. The zero-order valence-corrected chi connectivity index (χ0v) is 15.1. The van der Waals surface area contributed by atoms with Gasteiger partial charge in [-0.3, -0.25) is 9.59 Å². The summed E-state index contributed by atoms with van der Waals surface area (Å²) in [6.07, 6.45) is 5.48. The molecule has 0 unspecified atom stereocenters. The number of phenolic OH excluding ortho intramolecular Hbond substituents is 1. The van der Waals surface area contributed by atoms with Crippen LogP contribution in [0, 0.1) is 0 Å². The lowest BCUT2D eigenvalue weighted by Gasteiger charge is -2.12. The van der Waals surface area contributed by atoms with Gasteiger partial charge in [-0.1, -0.05) is 12.1 Å². The Balaban J connectivity index is 0.00000243. The number of amides is 2. The van der Waals surface area contributed by atoms with Crippen molar-refractivity contribution in [1.82, 2.24) is 4.57 Å². The molecule has 0 spiro atoms. The van der Waals surface area contributed by atoms with Crippen LogP contribution in [0.2, 0.25) is 0 Å². The molecule has 26 heavy (non-hydrogen) atoms. The van der Waals surface area contributed by atoms with Gasteiger partial charge in [-0.15, -0.1) is 0 Å². The molecule has 2 amide bonds. The largest absolute Gasteiger partial charge is 1.00 e. The summed E-state index contributed by atoms with van der Waals surface area (Å²) in [5, 5.41) is 17.0. The number of benzene rings is 2. The molecule has 0 aliphatic heterocycles. The standard InChI is InChI=1S/C18H18N4O3.ClH/c1-12(23)19-16-7-6-13-14(18(16)25)4-3-5-15(13)20-17(24)10-22-9-8-21(2)11-22;/h3-9,11H,10H2,1-2H3,(H2-,19,20,23,24,25);1H. The van der Waals surface area contributed by atoms with Crippen molar-refractivity contribution in [3.8, 4) is 5.75 Å². The highest BCUT2D eigenvalue weighted by Gasteiger charge is 2.13. The lowest BCUT2D eigenvalue weighted by molar-refractivity contribution is -0.671. The minimum absolute atomic E-state index is 0. The van der Waals surface area contributed by atoms with Crippen LogP contribution < -0.4 is 27.6 Å². The number of aryl methyl sites for hydroxylation is 1. The third kappa shape index (κ3) is 4.12. The number of imidazole rings is 1. The monoisotopic (exact) mass is 374 g/mol. The SMILES string of the molecule is CC(=O)Nc1ccc2c(NC(=O)Cn3cc[n+](C)c3)cccc2c1O.[Cl-]. The van der Waals surface area contributed by atoms with Crippen LogP contribution in [-0.4, -0.2) is 21.5 Å². The van der Waals surface area contributed by atoms with Crippen molar-refractivity contribution >= 4 is 34.0 Å². The van der Waals surface area contributed by atoms with E-state index < -0.39 is 0 Å². The molecule has 8 heteroatoms. The Morgan fingerprint density at radius 2 is 1.88 bits per heavy atom. The van der Waals surface area contributed by atoms with E-state index in [1.807, 2.05) is 30.3 Å². The first-order chi connectivity index (χ1) is 11.9. The third-order valence-electron chi connectivity index (χ3n) is 3.77. The molecule has 3 aromatic rings. The second kappa shape index (κ2) is 7.88. The number of hydrogen-bond donors (Lipinski definition) is 3. The summed E-state index contributed by atoms with van der Waals surface area (Å²) >= 11 is 0. The minimum atomic E-state index is -0.265. The predicted molar refractivity (Wildman–Crippen MR) is 94.2 cm³/mol. The summed E-state index contributed by atoms with van der Waals surface area (Å²) in [5.74, 6) is -0.464. The highest BCUT2D eigenvalue weighted by molar-refractivity contribution is 6.06. The molecular formula is C18H19ClN4O3. The van der Waals surface area contributed by atoms with Crippen molar-refractivity contribution in [3.63, 3.8) is 0 Å². The number of hydrogen-bond acceptors (Lipinski definition) is 3. The van der Waals surface area contributed by atoms with Crippen LogP contribution in [0.25, 0.3) is 10.8 Å². The van der Waals surface area contributed by atoms with Gasteiger partial charge in [0.25, 0.3) is 5.91 Å². The van der Waals surface area contributed by atoms with Crippen molar-refractivity contribution in [2.75, 3.05) is 10.6 Å². The summed E-state index contributed by atoms with van der Waals surface area (Å²) in [6.45, 7) is 1.56. The minimum Gasteiger partial charge on any atom is -1.00 e. The molecular weight excluding hydrogens is 356 g/mol. The van der Waals surface area contributed by atoms with Crippen molar-refractivity contribution < 1.29 is 31.7 Å². The fraction of sp³-hybridized carbons (Fsp3) is 0.167. The number of anilines is 2. The normalized spacial score (nSPS) is 10.2. The molecule has 0 aliphatic carbocycles. The van der Waals surface area contributed by atoms with Crippen LogP contribution in [0.15, 0.2) is 49.1 Å². The second-order valence-electron chi connectivity index (χ2n) is 5.84. The Kier molecular flexibility index (Phi) is 5.84. The van der Waals surface area contributed by atoms with Gasteiger partial charge < -0.3 is 28.1 Å². The number of carbonyl (C=O) groups excluding carboxylic acids is 2. The highest BCUT2D eigenvalue weighted by atomic mass is 35.5. The highest BCUT2D eigenvalue weighted by Crippen LogP contribution is 2.35. The summed E-state index contributed by atoms with van der Waals surface area (Å²) in [5.41, 5.74) is 0.937. The summed E-state index contributed by atoms with van der Waals surface area (Å²) in [6, 6.07) is 8.61. The molecule has 3 rings (SSSR count). The molecule has 136 valence electrons. The van der Waals surface area contributed by atoms with Crippen molar-refractivity contribution in [1.29, 1.82) is 0 Å². The van der Waals surface area contributed by atoms with Crippen molar-refractivity contribution in [3.05, 3.63) is 49.1 Å². The molecule has 0 bridgehead atoms. The number of rotatable bonds is 4. The lowest BCUT2D eigenvalue weighted by Crippen LogP contribution is -3.00. The lowest BCUT2D eigenvalue weighted by atomic mass is 10.1. The van der Waals surface area contributed by atoms with Gasteiger partial charge in [0.15, 0.2) is 6.54 Å². The van der Waals surface area contributed by atoms with E-state index in [2.05, 4.69) is 10.6 Å². The first-order valence-corrected chi connectivity index (χ1v) is 7.77. The van der Waals surface area contributed by atoms with Crippen molar-refractivity contribution in [2.45, 2.75) is 13.5 Å². The Labute approximate surface area is 156 Å². The van der Waals surface area contributed by atoms with E-state index in [0.29, 0.717) is 22.1 Å². The molecule has 7 nitrogen and oxygen atoms in total. The van der Waals surface area contributed by atoms with E-state index in [1.165, 1.54) is 6.92 Å². The molecule has 2 aromatic carbocycles. The molecule has 0 saturated carbocycles. The van der Waals surface area contributed by atoms with E-state index >= 15 is 0 Å². The fourth-order valence-electron chi connectivity index (χ4n) is 2.69. The van der Waals surface area contributed by atoms with Gasteiger partial charge in [0.1, 0.15) is 18.1 Å². The van der Waals surface area contributed by atoms with Crippen LogP contribution in [0.4, 0.5) is 11.4 Å². The van der Waals surface area contributed by atoms with Crippen molar-refractivity contribution in [2.24, 2.45) is 7.05 Å². The van der Waals surface area contributed by atoms with Gasteiger partial charge in [-0.2, -0.15) is 0 Å². The Bertz CT molecular complexity index is 968. The van der Waals surface area contributed by atoms with E-state index in [4.69, 9.17) is 0 Å². The number of fused-ring (bicyclic) bond motifs is 1. The molecule has 1 aromatic heterocycles. The molecule has 3 N–H and O–H groups in total. The number of carbonyl (C=O) groups is 2. The van der Waals surface area contributed by atoms with Gasteiger partial charge in [0, 0.05) is 23.4 Å². The molecule has 0 saturated heterocycles. The molecule has 1 heterocycles. The number of nitrogens with one attached hydrogen (secondary N) is 2. The van der Waals surface area contributed by atoms with Crippen LogP contribution >= 0.6 is 0 Å². The van der Waals surface area contributed by atoms with Crippen LogP contribution in [0.3, 0.4) is 0 Å². The Hall–Kier alpha value is -3.06. The zero-order chi connectivity index (χ0) is 18.0. The van der Waals surface area contributed by atoms with Gasteiger partial charge in [-0.25, -0.2) is 9.13 Å². The maximum atomic E-state index is 12.3. The average molecular weight is 375 g/mol. The second-order valence-corrected chi connectivity index (χ2v) is 5.84. The average Bonchev–Trinajstić information content (AvgIpc) is 2.95. The van der Waals surface area contributed by atoms with Gasteiger partial charge >= 0.3 is 0 Å². The summed E-state index contributed by atoms with van der Waals surface area (Å²) in [4.78, 5) is 23.5. The first-order valence-electron chi connectivity index (χ1n) is 7.77. The number of aromatic hydroxyl groups is 1. The number of phenols is 1. The molecule has 0 fully saturated rings. The smallest absolute Gasteiger partial charge is 0.266 e. The van der Waals surface area contributed by atoms with E-state index in [1.54, 1.807) is 34.9 Å². The van der Waals surface area contributed by atoms with E-state index in [-0.39, 0.29) is 36.5 Å². The summed E-state index contributed by atoms with van der Waals surface area (Å²) in [7, 11) is 1.88. The Morgan fingerprint density at radius 1 is 1.12 bits per heavy atom. The quantitative estimate of drug-likeness (QED) is 0.395. The molecule has 0 atom stereocenters. The molecule has 0 aliphatic rings. The maximum Gasteiger partial charge on any atom is 0.266 e. The topological polar surface area (TPSA) is 87.2 Å². The van der Waals surface area contributed by atoms with Gasteiger partial charge in [0.2, 0.25) is 12.2 Å². The van der Waals surface area contributed by atoms with E-state index in [9.17, 15) is 14.7 Å². The Morgan fingerprint density at radius 3 is 2.54 bits per heavy atom. The third-order valence-corrected chi connectivity index (χ3v) is 3.77. The fourth-order valence-corrected chi connectivity index (χ4v) is 2.69. The number of nitrogens with zero attached hydrogens (tertiary/aromatic N) is 2. The van der Waals surface area contributed by atoms with Crippen LogP contribution in [0.1, 0.15) is 6.92 Å². The van der Waals surface area contributed by atoms with Crippen LogP contribution in [-0.2, 0) is 23.2 Å². The number of aromatic nitrogens is 2. The van der Waals surface area contributed by atoms with Gasteiger partial charge in [-0.05, 0) is 18.2 Å². The first kappa shape index (κ1) is 19.3. The van der Waals surface area contributed by atoms with E-state index in [0.717, 1.165) is 0 Å². The van der Waals surface area contributed by atoms with Gasteiger partial charge in [0.05, 0.1) is 12.7 Å². The summed E-state index contributed by atoms with van der Waals surface area (Å²) < 4.78 is 3.62. The van der Waals surface area contributed by atoms with Crippen LogP contribution in [0.5, 0.6) is 5.75 Å². The molecule has 0 radical (unpaired) electrons. The number of halogens is 1.